The summed E-state index contributed by atoms with van der Waals surface area (Å²) >= 11 is 2.82. The smallest absolute Gasteiger partial charge is 0.234 e. The fourth-order valence-corrected chi connectivity index (χ4v) is 3.85. The fraction of sp³-hybridized carbons (Fsp3) is 0.211. The molecule has 1 heterocycles. The molecule has 0 aliphatic rings. The quantitative estimate of drug-likeness (QED) is 0.589. The second kappa shape index (κ2) is 8.33. The lowest BCUT2D eigenvalue weighted by Crippen LogP contribution is -2.13. The summed E-state index contributed by atoms with van der Waals surface area (Å²) in [5, 5.41) is 15.2. The van der Waals surface area contributed by atoms with Gasteiger partial charge in [0.2, 0.25) is 11.0 Å². The molecule has 2 aromatic carbocycles. The molecule has 0 saturated heterocycles. The second-order valence-electron chi connectivity index (χ2n) is 5.95. The summed E-state index contributed by atoms with van der Waals surface area (Å²) in [6.07, 6.45) is 0. The normalized spacial score (nSPS) is 10.6. The lowest BCUT2D eigenvalue weighted by molar-refractivity contribution is -0.113. The molecular formula is C19H20N4OS2. The van der Waals surface area contributed by atoms with E-state index in [2.05, 4.69) is 40.7 Å². The van der Waals surface area contributed by atoms with Gasteiger partial charge in [-0.2, -0.15) is 0 Å². The number of thioether (sulfide) groups is 1. The number of nitrogens with one attached hydrogen (secondary N) is 2. The molecule has 5 nitrogen and oxygen atoms in total. The van der Waals surface area contributed by atoms with Crippen LogP contribution in [0.15, 0.2) is 46.8 Å². The molecule has 0 spiro atoms. The molecule has 0 bridgehead atoms. The first-order valence-corrected chi connectivity index (χ1v) is 9.97. The van der Waals surface area contributed by atoms with E-state index >= 15 is 0 Å². The van der Waals surface area contributed by atoms with Crippen LogP contribution in [0.1, 0.15) is 16.7 Å². The van der Waals surface area contributed by atoms with Crippen molar-refractivity contribution >= 4 is 45.5 Å². The monoisotopic (exact) mass is 384 g/mol. The van der Waals surface area contributed by atoms with Crippen LogP contribution in [0.4, 0.5) is 16.5 Å². The first-order chi connectivity index (χ1) is 12.5. The highest BCUT2D eigenvalue weighted by molar-refractivity contribution is 8.01. The Morgan fingerprint density at radius 3 is 2.62 bits per heavy atom. The largest absolute Gasteiger partial charge is 0.330 e. The molecule has 2 N–H and O–H groups in total. The highest BCUT2D eigenvalue weighted by atomic mass is 32.2. The van der Waals surface area contributed by atoms with Gasteiger partial charge in [-0.25, -0.2) is 0 Å². The first kappa shape index (κ1) is 18.4. The van der Waals surface area contributed by atoms with Crippen molar-refractivity contribution in [3.63, 3.8) is 0 Å². The predicted octanol–water partition coefficient (Wildman–Crippen LogP) is 4.94. The molecule has 3 rings (SSSR count). The number of benzene rings is 2. The number of carbonyl (C=O) groups is 1. The molecule has 1 amide bonds. The number of rotatable bonds is 6. The van der Waals surface area contributed by atoms with Crippen molar-refractivity contribution < 1.29 is 4.79 Å². The van der Waals surface area contributed by atoms with E-state index in [-0.39, 0.29) is 5.91 Å². The van der Waals surface area contributed by atoms with Gasteiger partial charge in [-0.3, -0.25) is 4.79 Å². The molecule has 1 aromatic heterocycles. The summed E-state index contributed by atoms with van der Waals surface area (Å²) in [6.45, 7) is 6.17. The number of carbonyl (C=O) groups excluding carboxylic acids is 1. The van der Waals surface area contributed by atoms with Crippen LogP contribution in [0.2, 0.25) is 0 Å². The van der Waals surface area contributed by atoms with Gasteiger partial charge in [-0.1, -0.05) is 52.9 Å². The molecule has 7 heteroatoms. The van der Waals surface area contributed by atoms with Gasteiger partial charge in [-0.15, -0.1) is 10.2 Å². The molecule has 0 saturated carbocycles. The Morgan fingerprint density at radius 2 is 1.85 bits per heavy atom. The van der Waals surface area contributed by atoms with Crippen LogP contribution in [-0.2, 0) is 4.79 Å². The standard InChI is InChI=1S/C19H20N4OS2/c1-12-7-9-15(10-8-12)20-17(24)11-25-19-23-22-18(26-19)21-16-6-4-5-13(2)14(16)3/h4-10H,11H2,1-3H3,(H,20,24)(H,21,22). The lowest BCUT2D eigenvalue weighted by atomic mass is 10.1. The second-order valence-corrected chi connectivity index (χ2v) is 8.15. The summed E-state index contributed by atoms with van der Waals surface area (Å²) < 4.78 is 0.761. The molecule has 0 fully saturated rings. The lowest BCUT2D eigenvalue weighted by Gasteiger charge is -2.08. The third kappa shape index (κ3) is 4.83. The van der Waals surface area contributed by atoms with Gasteiger partial charge >= 0.3 is 0 Å². The Bertz CT molecular complexity index is 906. The van der Waals surface area contributed by atoms with Crippen molar-refractivity contribution in [3.8, 4) is 0 Å². The zero-order chi connectivity index (χ0) is 18.5. The van der Waals surface area contributed by atoms with Crippen LogP contribution < -0.4 is 10.6 Å². The van der Waals surface area contributed by atoms with Crippen LogP contribution >= 0.6 is 23.1 Å². The maximum absolute atomic E-state index is 12.1. The third-order valence-electron chi connectivity index (χ3n) is 3.91. The summed E-state index contributed by atoms with van der Waals surface area (Å²) in [6, 6.07) is 13.8. The molecular weight excluding hydrogens is 364 g/mol. The van der Waals surface area contributed by atoms with Crippen LogP contribution in [-0.4, -0.2) is 21.9 Å². The van der Waals surface area contributed by atoms with E-state index in [0.717, 1.165) is 26.4 Å². The van der Waals surface area contributed by atoms with Gasteiger partial charge < -0.3 is 10.6 Å². The van der Waals surface area contributed by atoms with E-state index in [1.165, 1.54) is 34.2 Å². The minimum atomic E-state index is -0.0573. The van der Waals surface area contributed by atoms with Crippen molar-refractivity contribution in [2.75, 3.05) is 16.4 Å². The average Bonchev–Trinajstić information content (AvgIpc) is 3.07. The number of aromatic nitrogens is 2. The summed E-state index contributed by atoms with van der Waals surface area (Å²) in [7, 11) is 0. The third-order valence-corrected chi connectivity index (χ3v) is 5.89. The minimum Gasteiger partial charge on any atom is -0.330 e. The number of hydrogen-bond donors (Lipinski definition) is 2. The van der Waals surface area contributed by atoms with Crippen molar-refractivity contribution in [3.05, 3.63) is 59.2 Å². The summed E-state index contributed by atoms with van der Waals surface area (Å²) in [4.78, 5) is 12.1. The van der Waals surface area contributed by atoms with Crippen molar-refractivity contribution in [2.24, 2.45) is 0 Å². The Hall–Kier alpha value is -2.38. The molecule has 3 aromatic rings. The highest BCUT2D eigenvalue weighted by Crippen LogP contribution is 2.29. The van der Waals surface area contributed by atoms with E-state index in [1.807, 2.05) is 43.3 Å². The summed E-state index contributed by atoms with van der Waals surface area (Å²) in [5.41, 5.74) is 5.40. The van der Waals surface area contributed by atoms with Crippen molar-refractivity contribution in [1.82, 2.24) is 10.2 Å². The van der Waals surface area contributed by atoms with Crippen molar-refractivity contribution in [2.45, 2.75) is 25.1 Å². The number of anilines is 3. The topological polar surface area (TPSA) is 66.9 Å². The van der Waals surface area contributed by atoms with E-state index in [4.69, 9.17) is 0 Å². The van der Waals surface area contributed by atoms with E-state index < -0.39 is 0 Å². The van der Waals surface area contributed by atoms with Crippen LogP contribution in [0, 0.1) is 20.8 Å². The predicted molar refractivity (Wildman–Crippen MR) is 110 cm³/mol. The Balaban J connectivity index is 1.54. The molecule has 0 aliphatic carbocycles. The van der Waals surface area contributed by atoms with Crippen LogP contribution in [0.25, 0.3) is 0 Å². The number of nitrogens with zero attached hydrogens (tertiary/aromatic N) is 2. The van der Waals surface area contributed by atoms with E-state index in [0.29, 0.717) is 5.75 Å². The Kier molecular flexibility index (Phi) is 5.90. The SMILES string of the molecule is Cc1ccc(NC(=O)CSc2nnc(Nc3cccc(C)c3C)s2)cc1. The van der Waals surface area contributed by atoms with Gasteiger partial charge in [0, 0.05) is 11.4 Å². The Morgan fingerprint density at radius 1 is 1.08 bits per heavy atom. The van der Waals surface area contributed by atoms with Gasteiger partial charge in [0.1, 0.15) is 0 Å². The number of amides is 1. The number of aryl methyl sites for hydroxylation is 2. The summed E-state index contributed by atoms with van der Waals surface area (Å²) in [5.74, 6) is 0.240. The van der Waals surface area contributed by atoms with E-state index in [9.17, 15) is 4.79 Å². The fourth-order valence-electron chi connectivity index (χ4n) is 2.28. The van der Waals surface area contributed by atoms with Gasteiger partial charge in [0.05, 0.1) is 5.75 Å². The van der Waals surface area contributed by atoms with Gasteiger partial charge in [0.15, 0.2) is 4.34 Å². The molecule has 0 radical (unpaired) electrons. The van der Waals surface area contributed by atoms with Crippen molar-refractivity contribution in [1.29, 1.82) is 0 Å². The van der Waals surface area contributed by atoms with Crippen LogP contribution in [0.5, 0.6) is 0 Å². The maximum Gasteiger partial charge on any atom is 0.234 e. The maximum atomic E-state index is 12.1. The van der Waals surface area contributed by atoms with Gasteiger partial charge in [0.25, 0.3) is 0 Å². The molecule has 0 unspecified atom stereocenters. The number of hydrogen-bond acceptors (Lipinski definition) is 6. The average molecular weight is 385 g/mol. The van der Waals surface area contributed by atoms with Gasteiger partial charge in [-0.05, 0) is 50.1 Å². The zero-order valence-corrected chi connectivity index (χ0v) is 16.5. The van der Waals surface area contributed by atoms with Crippen LogP contribution in [0.3, 0.4) is 0 Å². The minimum absolute atomic E-state index is 0.0573. The zero-order valence-electron chi connectivity index (χ0n) is 14.9. The molecule has 0 atom stereocenters. The highest BCUT2D eigenvalue weighted by Gasteiger charge is 2.10. The Labute approximate surface area is 161 Å². The van der Waals surface area contributed by atoms with E-state index in [1.54, 1.807) is 0 Å². The molecule has 0 aliphatic heterocycles. The molecule has 26 heavy (non-hydrogen) atoms. The molecule has 134 valence electrons. The first-order valence-electron chi connectivity index (χ1n) is 8.17.